The van der Waals surface area contributed by atoms with Gasteiger partial charge >= 0.3 is 0 Å². The molecule has 2 unspecified atom stereocenters. The van der Waals surface area contributed by atoms with Crippen molar-refractivity contribution in [1.29, 1.82) is 0 Å². The second-order valence-electron chi connectivity index (χ2n) is 5.07. The third-order valence-corrected chi connectivity index (χ3v) is 4.45. The van der Waals surface area contributed by atoms with Crippen molar-refractivity contribution in [2.24, 2.45) is 5.92 Å². The number of nitrogens with zero attached hydrogens (tertiary/aromatic N) is 1. The van der Waals surface area contributed by atoms with Crippen molar-refractivity contribution in [3.8, 4) is 0 Å². The number of thiophene rings is 1. The first-order valence-electron chi connectivity index (χ1n) is 6.75. The molecule has 1 fully saturated rings. The highest BCUT2D eigenvalue weighted by Crippen LogP contribution is 2.18. The van der Waals surface area contributed by atoms with E-state index in [0.717, 1.165) is 26.1 Å². The van der Waals surface area contributed by atoms with Gasteiger partial charge in [-0.15, -0.1) is 11.3 Å². The highest BCUT2D eigenvalue weighted by atomic mass is 32.1. The normalized spacial score (nSPS) is 23.9. The fourth-order valence-corrected chi connectivity index (χ4v) is 3.17. The largest absolute Gasteiger partial charge is 0.336 e. The summed E-state index contributed by atoms with van der Waals surface area (Å²) in [4.78, 5) is 15.7. The Morgan fingerprint density at radius 3 is 3.06 bits per heavy atom. The van der Waals surface area contributed by atoms with Crippen LogP contribution < -0.4 is 5.32 Å². The van der Waals surface area contributed by atoms with Gasteiger partial charge in [0.2, 0.25) is 5.91 Å². The fourth-order valence-electron chi connectivity index (χ4n) is 2.45. The number of carbonyl (C=O) groups excluding carboxylic acids is 1. The Kier molecular flexibility index (Phi) is 4.78. The predicted octanol–water partition coefficient (Wildman–Crippen LogP) is 2.48. The molecule has 1 aliphatic rings. The molecular weight excluding hydrogens is 244 g/mol. The van der Waals surface area contributed by atoms with Crippen LogP contribution in [0.25, 0.3) is 0 Å². The van der Waals surface area contributed by atoms with Gasteiger partial charge in [0.05, 0.1) is 12.6 Å². The number of carbonyl (C=O) groups is 1. The van der Waals surface area contributed by atoms with E-state index in [-0.39, 0.29) is 11.9 Å². The van der Waals surface area contributed by atoms with Crippen molar-refractivity contribution in [3.05, 3.63) is 22.4 Å². The zero-order valence-corrected chi connectivity index (χ0v) is 12.0. The van der Waals surface area contributed by atoms with E-state index in [1.54, 1.807) is 11.3 Å². The molecular formula is C14H22N2OS. The molecule has 100 valence electrons. The molecule has 0 saturated carbocycles. The summed E-state index contributed by atoms with van der Waals surface area (Å²) < 4.78 is 0. The average molecular weight is 266 g/mol. The summed E-state index contributed by atoms with van der Waals surface area (Å²) in [6, 6.07) is 4.16. The number of rotatable bonds is 4. The highest BCUT2D eigenvalue weighted by Gasteiger charge is 2.27. The van der Waals surface area contributed by atoms with E-state index < -0.39 is 0 Å². The van der Waals surface area contributed by atoms with Crippen LogP contribution in [0.4, 0.5) is 0 Å². The second-order valence-corrected chi connectivity index (χ2v) is 6.10. The van der Waals surface area contributed by atoms with Gasteiger partial charge in [0.25, 0.3) is 0 Å². The maximum atomic E-state index is 12.5. The van der Waals surface area contributed by atoms with E-state index in [0.29, 0.717) is 5.92 Å². The van der Waals surface area contributed by atoms with Crippen LogP contribution in [0, 0.1) is 5.92 Å². The van der Waals surface area contributed by atoms with Crippen molar-refractivity contribution >= 4 is 17.2 Å². The molecule has 0 bridgehead atoms. The molecule has 18 heavy (non-hydrogen) atoms. The molecule has 2 rings (SSSR count). The zero-order valence-electron chi connectivity index (χ0n) is 11.2. The Balaban J connectivity index is 1.96. The third-order valence-electron chi connectivity index (χ3n) is 3.58. The summed E-state index contributed by atoms with van der Waals surface area (Å²) in [7, 11) is 0. The lowest BCUT2D eigenvalue weighted by molar-refractivity contribution is -0.134. The minimum Gasteiger partial charge on any atom is -0.336 e. The first kappa shape index (κ1) is 13.6. The Bertz CT molecular complexity index is 377. The maximum Gasteiger partial charge on any atom is 0.240 e. The number of nitrogens with one attached hydrogen (secondary N) is 1. The monoisotopic (exact) mass is 266 g/mol. The summed E-state index contributed by atoms with van der Waals surface area (Å²) in [5.74, 6) is 0.915. The van der Waals surface area contributed by atoms with Gasteiger partial charge < -0.3 is 10.2 Å². The van der Waals surface area contributed by atoms with E-state index in [1.165, 1.54) is 11.3 Å². The van der Waals surface area contributed by atoms with E-state index in [1.807, 2.05) is 11.0 Å². The van der Waals surface area contributed by atoms with Gasteiger partial charge in [0, 0.05) is 11.4 Å². The van der Waals surface area contributed by atoms with Gasteiger partial charge in [-0.25, -0.2) is 0 Å². The van der Waals surface area contributed by atoms with Crippen LogP contribution >= 0.6 is 11.3 Å². The first-order chi connectivity index (χ1) is 8.70. The number of piperidine rings is 1. The van der Waals surface area contributed by atoms with Crippen molar-refractivity contribution in [2.45, 2.75) is 39.3 Å². The van der Waals surface area contributed by atoms with E-state index in [2.05, 4.69) is 30.6 Å². The van der Waals surface area contributed by atoms with Crippen molar-refractivity contribution < 1.29 is 4.79 Å². The molecule has 1 aliphatic heterocycles. The van der Waals surface area contributed by atoms with Crippen LogP contribution in [0.3, 0.4) is 0 Å². The number of likely N-dealkylation sites (N-methyl/N-ethyl adjacent to an activating group) is 1. The van der Waals surface area contributed by atoms with Gasteiger partial charge in [-0.05, 0) is 43.7 Å². The van der Waals surface area contributed by atoms with Gasteiger partial charge in [-0.3, -0.25) is 4.79 Å². The molecule has 2 heterocycles. The van der Waals surface area contributed by atoms with Gasteiger partial charge in [-0.1, -0.05) is 13.0 Å². The lowest BCUT2D eigenvalue weighted by Gasteiger charge is -2.31. The minimum atomic E-state index is 0.0219. The molecule has 1 amide bonds. The molecule has 0 spiro atoms. The number of amides is 1. The van der Waals surface area contributed by atoms with Crippen LogP contribution in [0.15, 0.2) is 17.5 Å². The van der Waals surface area contributed by atoms with E-state index >= 15 is 0 Å². The molecule has 1 aromatic heterocycles. The lowest BCUT2D eigenvalue weighted by Crippen LogP contribution is -2.49. The Hall–Kier alpha value is -0.870. The SMILES string of the molecule is CCN(Cc1cccs1)C(=O)C1CC(C)CCN1. The topological polar surface area (TPSA) is 32.3 Å². The highest BCUT2D eigenvalue weighted by molar-refractivity contribution is 7.09. The van der Waals surface area contributed by atoms with E-state index in [9.17, 15) is 4.79 Å². The van der Waals surface area contributed by atoms with Crippen LogP contribution in [-0.4, -0.2) is 29.9 Å². The fraction of sp³-hybridized carbons (Fsp3) is 0.643. The van der Waals surface area contributed by atoms with Gasteiger partial charge in [0.1, 0.15) is 0 Å². The van der Waals surface area contributed by atoms with Crippen molar-refractivity contribution in [1.82, 2.24) is 10.2 Å². The van der Waals surface area contributed by atoms with Crippen LogP contribution in [-0.2, 0) is 11.3 Å². The first-order valence-corrected chi connectivity index (χ1v) is 7.63. The van der Waals surface area contributed by atoms with Crippen molar-refractivity contribution in [2.75, 3.05) is 13.1 Å². The van der Waals surface area contributed by atoms with Crippen LogP contribution in [0.2, 0.25) is 0 Å². The molecule has 4 heteroatoms. The van der Waals surface area contributed by atoms with Crippen LogP contribution in [0.5, 0.6) is 0 Å². The lowest BCUT2D eigenvalue weighted by atomic mass is 9.93. The molecule has 1 saturated heterocycles. The summed E-state index contributed by atoms with van der Waals surface area (Å²) in [5.41, 5.74) is 0. The molecule has 0 aliphatic carbocycles. The minimum absolute atomic E-state index is 0.0219. The molecule has 3 nitrogen and oxygen atoms in total. The summed E-state index contributed by atoms with van der Waals surface area (Å²) in [5, 5.41) is 5.42. The third kappa shape index (κ3) is 3.33. The van der Waals surface area contributed by atoms with Gasteiger partial charge in [0.15, 0.2) is 0 Å². The number of hydrogen-bond donors (Lipinski definition) is 1. The maximum absolute atomic E-state index is 12.5. The molecule has 0 aromatic carbocycles. The van der Waals surface area contributed by atoms with E-state index in [4.69, 9.17) is 0 Å². The predicted molar refractivity (Wildman–Crippen MR) is 75.6 cm³/mol. The zero-order chi connectivity index (χ0) is 13.0. The van der Waals surface area contributed by atoms with Crippen LogP contribution in [0.1, 0.15) is 31.6 Å². The summed E-state index contributed by atoms with van der Waals surface area (Å²) in [6.07, 6.45) is 2.15. The Labute approximate surface area is 113 Å². The summed E-state index contributed by atoms with van der Waals surface area (Å²) >= 11 is 1.72. The smallest absolute Gasteiger partial charge is 0.240 e. The molecule has 1 N–H and O–H groups in total. The van der Waals surface area contributed by atoms with Gasteiger partial charge in [-0.2, -0.15) is 0 Å². The molecule has 1 aromatic rings. The Morgan fingerprint density at radius 2 is 2.44 bits per heavy atom. The second kappa shape index (κ2) is 6.34. The number of hydrogen-bond acceptors (Lipinski definition) is 3. The van der Waals surface area contributed by atoms with Crippen molar-refractivity contribution in [3.63, 3.8) is 0 Å². The quantitative estimate of drug-likeness (QED) is 0.908. The standard InChI is InChI=1S/C14H22N2OS/c1-3-16(10-12-5-4-8-18-12)14(17)13-9-11(2)6-7-15-13/h4-5,8,11,13,15H,3,6-7,9-10H2,1-2H3. The average Bonchev–Trinajstić information content (AvgIpc) is 2.88. The molecule has 0 radical (unpaired) electrons. The Morgan fingerprint density at radius 1 is 1.61 bits per heavy atom. The summed E-state index contributed by atoms with van der Waals surface area (Å²) in [6.45, 7) is 6.78. The molecule has 2 atom stereocenters.